The number of rotatable bonds is 4. The largest absolute Gasteiger partial charge is 0.435 e. The van der Waals surface area contributed by atoms with Gasteiger partial charge >= 0.3 is 6.18 Å². The highest BCUT2D eigenvalue weighted by molar-refractivity contribution is 5.65. The Hall–Kier alpha value is -3.99. The Kier molecular flexibility index (Phi) is 5.26. The second kappa shape index (κ2) is 7.93. The van der Waals surface area contributed by atoms with Gasteiger partial charge < -0.3 is 0 Å². The fourth-order valence-corrected chi connectivity index (χ4v) is 3.31. The van der Waals surface area contributed by atoms with Gasteiger partial charge in [0.15, 0.2) is 17.2 Å². The summed E-state index contributed by atoms with van der Waals surface area (Å²) in [5.41, 5.74) is 1.85. The van der Waals surface area contributed by atoms with E-state index in [1.54, 1.807) is 24.3 Å². The summed E-state index contributed by atoms with van der Waals surface area (Å²) in [7, 11) is 0. The lowest BCUT2D eigenvalue weighted by Gasteiger charge is -2.24. The highest BCUT2D eigenvalue weighted by atomic mass is 19.4. The third-order valence-electron chi connectivity index (χ3n) is 5.15. The summed E-state index contributed by atoms with van der Waals surface area (Å²) >= 11 is 0. The number of nitrogens with zero attached hydrogens (tertiary/aromatic N) is 5. The first-order valence-electron chi connectivity index (χ1n) is 9.75. The van der Waals surface area contributed by atoms with Gasteiger partial charge in [-0.15, -0.1) is 0 Å². The molecule has 0 aliphatic carbocycles. The van der Waals surface area contributed by atoms with E-state index in [-0.39, 0.29) is 5.82 Å². The summed E-state index contributed by atoms with van der Waals surface area (Å²) in [6.07, 6.45) is -3.28. The van der Waals surface area contributed by atoms with E-state index >= 15 is 0 Å². The van der Waals surface area contributed by atoms with Gasteiger partial charge in [-0.1, -0.05) is 30.3 Å². The highest BCUT2D eigenvalue weighted by Gasteiger charge is 2.34. The number of aromatic nitrogens is 4. The normalized spacial score (nSPS) is 11.9. The second-order valence-electron chi connectivity index (χ2n) is 7.72. The van der Waals surface area contributed by atoms with Crippen LogP contribution in [0.4, 0.5) is 18.9 Å². The molecule has 0 unspecified atom stereocenters. The van der Waals surface area contributed by atoms with Crippen molar-refractivity contribution in [2.75, 3.05) is 0 Å². The average Bonchev–Trinajstić information content (AvgIpc) is 3.30. The quantitative estimate of drug-likeness (QED) is 0.359. The molecule has 5 nitrogen and oxygen atoms in total. The molecular formula is C24H18F3N5. The van der Waals surface area contributed by atoms with Crippen LogP contribution in [-0.2, 0) is 11.6 Å². The molecule has 0 spiro atoms. The van der Waals surface area contributed by atoms with Crippen molar-refractivity contribution in [3.63, 3.8) is 0 Å². The SMILES string of the molecule is [C-]#[N+]c1cccc(-c2cccc(C(C)(C)c3cccc(-n4ccc(C(F)(F)F)n4)n3)n2)c1. The van der Waals surface area contributed by atoms with E-state index in [0.29, 0.717) is 11.4 Å². The summed E-state index contributed by atoms with van der Waals surface area (Å²) < 4.78 is 39.8. The van der Waals surface area contributed by atoms with Crippen molar-refractivity contribution in [1.29, 1.82) is 0 Å². The molecule has 4 aromatic rings. The predicted octanol–water partition coefficient (Wildman–Crippen LogP) is 6.22. The number of hydrogen-bond donors (Lipinski definition) is 0. The molecule has 0 aliphatic rings. The van der Waals surface area contributed by atoms with Crippen molar-refractivity contribution in [1.82, 2.24) is 19.7 Å². The third-order valence-corrected chi connectivity index (χ3v) is 5.15. The second-order valence-corrected chi connectivity index (χ2v) is 7.72. The number of benzene rings is 1. The molecule has 0 saturated heterocycles. The Morgan fingerprint density at radius 2 is 1.53 bits per heavy atom. The minimum Gasteiger partial charge on any atom is -0.252 e. The molecule has 0 saturated carbocycles. The predicted molar refractivity (Wildman–Crippen MR) is 114 cm³/mol. The highest BCUT2D eigenvalue weighted by Crippen LogP contribution is 2.32. The van der Waals surface area contributed by atoms with Gasteiger partial charge in [-0.2, -0.15) is 18.3 Å². The van der Waals surface area contributed by atoms with E-state index in [9.17, 15) is 13.2 Å². The van der Waals surface area contributed by atoms with Crippen LogP contribution in [0.25, 0.3) is 21.9 Å². The molecular weight excluding hydrogens is 415 g/mol. The molecule has 0 fully saturated rings. The number of alkyl halides is 3. The fourth-order valence-electron chi connectivity index (χ4n) is 3.31. The zero-order valence-electron chi connectivity index (χ0n) is 17.3. The van der Waals surface area contributed by atoms with E-state index in [1.807, 2.05) is 50.2 Å². The lowest BCUT2D eigenvalue weighted by molar-refractivity contribution is -0.141. The van der Waals surface area contributed by atoms with Crippen molar-refractivity contribution in [2.24, 2.45) is 0 Å². The molecule has 3 heterocycles. The zero-order valence-corrected chi connectivity index (χ0v) is 17.3. The summed E-state index contributed by atoms with van der Waals surface area (Å²) in [6, 6.07) is 18.9. The van der Waals surface area contributed by atoms with Gasteiger partial charge in [0.2, 0.25) is 0 Å². The zero-order chi connectivity index (χ0) is 22.9. The molecule has 0 aliphatic heterocycles. The molecule has 1 aromatic carbocycles. The van der Waals surface area contributed by atoms with Crippen LogP contribution in [0.5, 0.6) is 0 Å². The van der Waals surface area contributed by atoms with Crippen LogP contribution in [0.2, 0.25) is 0 Å². The minimum absolute atomic E-state index is 0.284. The van der Waals surface area contributed by atoms with E-state index in [2.05, 4.69) is 14.9 Å². The van der Waals surface area contributed by atoms with Gasteiger partial charge in [0.05, 0.1) is 23.7 Å². The third kappa shape index (κ3) is 4.10. The molecule has 4 rings (SSSR count). The van der Waals surface area contributed by atoms with Crippen LogP contribution in [-0.4, -0.2) is 19.7 Å². The minimum atomic E-state index is -4.52. The Labute approximate surface area is 183 Å². The van der Waals surface area contributed by atoms with Gasteiger partial charge in [-0.25, -0.2) is 14.5 Å². The molecule has 0 bridgehead atoms. The van der Waals surface area contributed by atoms with Crippen molar-refractivity contribution in [2.45, 2.75) is 25.4 Å². The van der Waals surface area contributed by atoms with Crippen molar-refractivity contribution >= 4 is 5.69 Å². The van der Waals surface area contributed by atoms with Crippen molar-refractivity contribution in [3.05, 3.63) is 101 Å². The maximum atomic E-state index is 12.9. The van der Waals surface area contributed by atoms with Gasteiger partial charge in [0, 0.05) is 11.6 Å². The summed E-state index contributed by atoms with van der Waals surface area (Å²) in [5, 5.41) is 3.61. The number of hydrogen-bond acceptors (Lipinski definition) is 3. The summed E-state index contributed by atoms with van der Waals surface area (Å²) in [4.78, 5) is 12.8. The molecule has 160 valence electrons. The first kappa shape index (κ1) is 21.2. The Bertz CT molecular complexity index is 1320. The van der Waals surface area contributed by atoms with Crippen LogP contribution < -0.4 is 0 Å². The maximum absolute atomic E-state index is 12.9. The van der Waals surface area contributed by atoms with Crippen LogP contribution in [0, 0.1) is 6.57 Å². The molecule has 0 amide bonds. The van der Waals surface area contributed by atoms with Gasteiger partial charge in [0.1, 0.15) is 0 Å². The number of halogens is 3. The standard InChI is InChI=1S/C24H18F3N5/c1-23(2,19-10-5-9-18(29-19)16-7-4-8-17(15-16)28-3)20-11-6-12-22(30-20)32-14-13-21(31-32)24(25,26)27/h4-15H,1-2H3. The molecule has 3 aromatic heterocycles. The van der Waals surface area contributed by atoms with Gasteiger partial charge in [-0.05, 0) is 55.8 Å². The fraction of sp³-hybridized carbons (Fsp3) is 0.167. The van der Waals surface area contributed by atoms with Crippen molar-refractivity contribution < 1.29 is 13.2 Å². The lowest BCUT2D eigenvalue weighted by atomic mass is 9.84. The Morgan fingerprint density at radius 1 is 0.844 bits per heavy atom. The first-order chi connectivity index (χ1) is 15.2. The Morgan fingerprint density at radius 3 is 2.22 bits per heavy atom. The smallest absolute Gasteiger partial charge is 0.252 e. The molecule has 0 atom stereocenters. The Balaban J connectivity index is 1.71. The topological polar surface area (TPSA) is 48.0 Å². The van der Waals surface area contributed by atoms with Crippen LogP contribution in [0.15, 0.2) is 72.9 Å². The van der Waals surface area contributed by atoms with E-state index in [1.165, 1.54) is 6.20 Å². The maximum Gasteiger partial charge on any atom is 0.435 e. The summed E-state index contributed by atoms with van der Waals surface area (Å²) in [6.45, 7) is 11.1. The van der Waals surface area contributed by atoms with Crippen LogP contribution in [0.3, 0.4) is 0 Å². The van der Waals surface area contributed by atoms with E-state index in [0.717, 1.165) is 27.7 Å². The average molecular weight is 433 g/mol. The molecule has 0 radical (unpaired) electrons. The monoisotopic (exact) mass is 433 g/mol. The van der Waals surface area contributed by atoms with Crippen LogP contribution >= 0.6 is 0 Å². The summed E-state index contributed by atoms with van der Waals surface area (Å²) in [5.74, 6) is 0.284. The van der Waals surface area contributed by atoms with Gasteiger partial charge in [0.25, 0.3) is 0 Å². The lowest BCUT2D eigenvalue weighted by Crippen LogP contribution is -2.23. The number of pyridine rings is 2. The first-order valence-corrected chi connectivity index (χ1v) is 9.75. The van der Waals surface area contributed by atoms with E-state index in [4.69, 9.17) is 11.6 Å². The molecule has 32 heavy (non-hydrogen) atoms. The molecule has 0 N–H and O–H groups in total. The van der Waals surface area contributed by atoms with Crippen molar-refractivity contribution in [3.8, 4) is 17.1 Å². The molecule has 8 heteroatoms. The van der Waals surface area contributed by atoms with Crippen LogP contribution in [0.1, 0.15) is 30.9 Å². The van der Waals surface area contributed by atoms with E-state index < -0.39 is 17.3 Å². The van der Waals surface area contributed by atoms with Gasteiger partial charge in [-0.3, -0.25) is 4.98 Å².